The van der Waals surface area contributed by atoms with Crippen molar-refractivity contribution in [3.8, 4) is 0 Å². The molecular formula is C12H17N5O4S2. The number of hydrogen-bond donors (Lipinski definition) is 4. The summed E-state index contributed by atoms with van der Waals surface area (Å²) in [6.07, 6.45) is -0.712. The molecule has 126 valence electrons. The van der Waals surface area contributed by atoms with Crippen LogP contribution in [0.25, 0.3) is 11.2 Å². The topological polar surface area (TPSA) is 139 Å². The Morgan fingerprint density at radius 2 is 2.35 bits per heavy atom. The second kappa shape index (κ2) is 6.69. The number of aromatic nitrogens is 4. The number of nitrogens with one attached hydrogen (secondary N) is 1. The van der Waals surface area contributed by atoms with E-state index in [1.54, 1.807) is 15.4 Å². The standard InChI is InChI=1S/C12H17N5O4S2/c1-2-22-23-8-7(19)5(3-18)21-11(8)17-4-14-6-9(17)15-12(13)16-10(6)20/h4-5,7-8,11,18-19H,2-3H2,1H3,(H3,13,15,16,20)/t5-,7?,8?,11-/m1/s1. The number of nitrogen functional groups attached to an aromatic ring is 1. The van der Waals surface area contributed by atoms with Gasteiger partial charge in [-0.15, -0.1) is 0 Å². The minimum absolute atomic E-state index is 0.0198. The van der Waals surface area contributed by atoms with Crippen molar-refractivity contribution in [1.82, 2.24) is 19.5 Å². The van der Waals surface area contributed by atoms with Gasteiger partial charge in [0.15, 0.2) is 17.4 Å². The Hall–Kier alpha value is -1.27. The first kappa shape index (κ1) is 16.6. The lowest BCUT2D eigenvalue weighted by molar-refractivity contribution is -0.0430. The fourth-order valence-corrected chi connectivity index (χ4v) is 4.85. The number of H-pyrrole nitrogens is 1. The van der Waals surface area contributed by atoms with Crippen molar-refractivity contribution < 1.29 is 14.9 Å². The summed E-state index contributed by atoms with van der Waals surface area (Å²) >= 11 is 0. The first-order valence-corrected chi connectivity index (χ1v) is 9.40. The van der Waals surface area contributed by atoms with Gasteiger partial charge in [0.1, 0.15) is 6.10 Å². The number of aliphatic hydroxyl groups is 2. The van der Waals surface area contributed by atoms with E-state index in [2.05, 4.69) is 15.0 Å². The van der Waals surface area contributed by atoms with Crippen LogP contribution in [0.5, 0.6) is 0 Å². The molecule has 1 fully saturated rings. The number of fused-ring (bicyclic) bond motifs is 1. The molecule has 4 atom stereocenters. The molecule has 5 N–H and O–H groups in total. The minimum atomic E-state index is -0.842. The molecule has 0 aliphatic carbocycles. The van der Waals surface area contributed by atoms with Crippen molar-refractivity contribution in [3.05, 3.63) is 16.7 Å². The molecule has 2 unspecified atom stereocenters. The molecular weight excluding hydrogens is 342 g/mol. The summed E-state index contributed by atoms with van der Waals surface area (Å²) in [5.41, 5.74) is 5.60. The number of aliphatic hydroxyl groups excluding tert-OH is 2. The largest absolute Gasteiger partial charge is 0.394 e. The van der Waals surface area contributed by atoms with Crippen molar-refractivity contribution in [1.29, 1.82) is 0 Å². The van der Waals surface area contributed by atoms with Gasteiger partial charge in [0.2, 0.25) is 5.95 Å². The van der Waals surface area contributed by atoms with Gasteiger partial charge in [-0.25, -0.2) is 4.98 Å². The van der Waals surface area contributed by atoms with E-state index >= 15 is 0 Å². The molecule has 0 amide bonds. The van der Waals surface area contributed by atoms with Crippen LogP contribution in [-0.2, 0) is 4.74 Å². The van der Waals surface area contributed by atoms with E-state index in [4.69, 9.17) is 10.5 Å². The zero-order valence-electron chi connectivity index (χ0n) is 12.2. The number of anilines is 1. The predicted molar refractivity (Wildman–Crippen MR) is 89.1 cm³/mol. The third-order valence-electron chi connectivity index (χ3n) is 3.51. The van der Waals surface area contributed by atoms with E-state index in [0.717, 1.165) is 5.75 Å². The number of hydrogen-bond acceptors (Lipinski definition) is 9. The number of nitrogens with zero attached hydrogens (tertiary/aromatic N) is 3. The maximum atomic E-state index is 11.9. The molecule has 0 radical (unpaired) electrons. The van der Waals surface area contributed by atoms with Gasteiger partial charge < -0.3 is 20.7 Å². The normalized spacial score (nSPS) is 27.8. The van der Waals surface area contributed by atoms with Crippen molar-refractivity contribution in [2.75, 3.05) is 18.1 Å². The van der Waals surface area contributed by atoms with Crippen LogP contribution in [0.15, 0.2) is 11.1 Å². The summed E-state index contributed by atoms with van der Waals surface area (Å²) in [5.74, 6) is 0.841. The lowest BCUT2D eigenvalue weighted by Crippen LogP contribution is -2.31. The number of rotatable bonds is 5. The molecule has 0 saturated carbocycles. The summed E-state index contributed by atoms with van der Waals surface area (Å²) in [7, 11) is 3.05. The van der Waals surface area contributed by atoms with Crippen LogP contribution in [0.4, 0.5) is 5.95 Å². The zero-order valence-corrected chi connectivity index (χ0v) is 13.9. The van der Waals surface area contributed by atoms with Crippen LogP contribution in [0.1, 0.15) is 13.2 Å². The lowest BCUT2D eigenvalue weighted by Gasteiger charge is -2.20. The van der Waals surface area contributed by atoms with E-state index in [0.29, 0.717) is 0 Å². The van der Waals surface area contributed by atoms with E-state index in [-0.39, 0.29) is 29.0 Å². The Bertz CT molecular complexity index is 751. The molecule has 0 bridgehead atoms. The molecule has 1 aliphatic heterocycles. The van der Waals surface area contributed by atoms with E-state index in [1.165, 1.54) is 17.1 Å². The highest BCUT2D eigenvalue weighted by molar-refractivity contribution is 8.76. The van der Waals surface area contributed by atoms with Crippen molar-refractivity contribution in [2.45, 2.75) is 30.6 Å². The third-order valence-corrected chi connectivity index (χ3v) is 6.40. The Kier molecular flexibility index (Phi) is 4.82. The molecule has 23 heavy (non-hydrogen) atoms. The molecule has 9 nitrogen and oxygen atoms in total. The maximum Gasteiger partial charge on any atom is 0.280 e. The van der Waals surface area contributed by atoms with Crippen LogP contribution in [0.2, 0.25) is 0 Å². The first-order valence-electron chi connectivity index (χ1n) is 7.01. The van der Waals surface area contributed by atoms with Gasteiger partial charge >= 0.3 is 0 Å². The number of imidazole rings is 1. The molecule has 3 heterocycles. The number of ether oxygens (including phenoxy) is 1. The highest BCUT2D eigenvalue weighted by Crippen LogP contribution is 2.43. The molecule has 1 aliphatic rings. The Morgan fingerprint density at radius 1 is 1.57 bits per heavy atom. The SMILES string of the molecule is CCSSC1C(O)[C@@H](CO)O[C@H]1n1cnc2c(=O)[nH]c(N)nc21. The summed E-state index contributed by atoms with van der Waals surface area (Å²) in [4.78, 5) is 22.4. The highest BCUT2D eigenvalue weighted by atomic mass is 33.1. The summed E-state index contributed by atoms with van der Waals surface area (Å²) < 4.78 is 7.34. The smallest absolute Gasteiger partial charge is 0.280 e. The van der Waals surface area contributed by atoms with Gasteiger partial charge in [0.25, 0.3) is 5.56 Å². The second-order valence-electron chi connectivity index (χ2n) is 4.98. The molecule has 11 heteroatoms. The number of aromatic amines is 1. The van der Waals surface area contributed by atoms with Gasteiger partial charge in [-0.2, -0.15) is 4.98 Å². The van der Waals surface area contributed by atoms with Crippen molar-refractivity contribution in [2.24, 2.45) is 0 Å². The molecule has 0 spiro atoms. The Labute approximate surface area is 139 Å². The molecule has 2 aromatic heterocycles. The van der Waals surface area contributed by atoms with Crippen LogP contribution < -0.4 is 11.3 Å². The van der Waals surface area contributed by atoms with Crippen LogP contribution in [0, 0.1) is 0 Å². The fraction of sp³-hybridized carbons (Fsp3) is 0.583. The van der Waals surface area contributed by atoms with Crippen molar-refractivity contribution in [3.63, 3.8) is 0 Å². The van der Waals surface area contributed by atoms with Gasteiger partial charge in [-0.3, -0.25) is 14.3 Å². The van der Waals surface area contributed by atoms with E-state index in [1.807, 2.05) is 6.92 Å². The summed E-state index contributed by atoms with van der Waals surface area (Å²) in [5, 5.41) is 19.4. The predicted octanol–water partition coefficient (Wildman–Crippen LogP) is -0.278. The minimum Gasteiger partial charge on any atom is -0.394 e. The van der Waals surface area contributed by atoms with Gasteiger partial charge in [-0.1, -0.05) is 28.5 Å². The Balaban J connectivity index is 2.03. The van der Waals surface area contributed by atoms with Gasteiger partial charge in [0, 0.05) is 5.75 Å². The van der Waals surface area contributed by atoms with E-state index in [9.17, 15) is 15.0 Å². The zero-order chi connectivity index (χ0) is 16.6. The van der Waals surface area contributed by atoms with Crippen LogP contribution in [0.3, 0.4) is 0 Å². The van der Waals surface area contributed by atoms with E-state index < -0.39 is 24.0 Å². The van der Waals surface area contributed by atoms with Crippen molar-refractivity contribution >= 4 is 38.7 Å². The summed E-state index contributed by atoms with van der Waals surface area (Å²) in [6, 6.07) is 0. The molecule has 3 rings (SSSR count). The molecule has 2 aromatic rings. The molecule has 1 saturated heterocycles. The highest BCUT2D eigenvalue weighted by Gasteiger charge is 2.45. The fourth-order valence-electron chi connectivity index (χ4n) is 2.47. The third kappa shape index (κ3) is 2.94. The monoisotopic (exact) mass is 359 g/mol. The average Bonchev–Trinajstić information content (AvgIpc) is 3.06. The Morgan fingerprint density at radius 3 is 3.04 bits per heavy atom. The second-order valence-corrected chi connectivity index (χ2v) is 7.82. The average molecular weight is 359 g/mol. The quantitative estimate of drug-likeness (QED) is 0.531. The number of nitrogens with two attached hydrogens (primary N) is 1. The van der Waals surface area contributed by atoms with Crippen LogP contribution >= 0.6 is 21.6 Å². The lowest BCUT2D eigenvalue weighted by atomic mass is 10.2. The summed E-state index contributed by atoms with van der Waals surface area (Å²) in [6.45, 7) is 1.71. The van der Waals surface area contributed by atoms with Crippen LogP contribution in [-0.4, -0.2) is 59.5 Å². The molecule has 0 aromatic carbocycles. The first-order chi connectivity index (χ1) is 11.1. The van der Waals surface area contributed by atoms with Gasteiger partial charge in [-0.05, 0) is 0 Å². The van der Waals surface area contributed by atoms with Gasteiger partial charge in [0.05, 0.1) is 24.3 Å². The maximum absolute atomic E-state index is 11.9.